The number of nitrogens with one attached hydrogen (secondary N) is 2. The summed E-state index contributed by atoms with van der Waals surface area (Å²) >= 11 is 0. The number of aryl methyl sites for hydroxylation is 1. The Kier molecular flexibility index (Phi) is 4.30. The number of aromatic amines is 2. The van der Waals surface area contributed by atoms with Crippen molar-refractivity contribution in [2.75, 3.05) is 0 Å². The van der Waals surface area contributed by atoms with Crippen LogP contribution in [0.15, 0.2) is 91.0 Å². The molecule has 4 nitrogen and oxygen atoms in total. The Morgan fingerprint density at radius 1 is 0.517 bits per heavy atom. The maximum absolute atomic E-state index is 4.54. The van der Waals surface area contributed by atoms with Gasteiger partial charge in [0.1, 0.15) is 0 Å². The van der Waals surface area contributed by atoms with Gasteiger partial charge in [-0.25, -0.2) is 0 Å². The van der Waals surface area contributed by atoms with E-state index in [2.05, 4.69) is 81.9 Å². The van der Waals surface area contributed by atoms with Gasteiger partial charge in [-0.3, -0.25) is 10.2 Å². The van der Waals surface area contributed by atoms with Crippen LogP contribution in [0, 0.1) is 6.92 Å². The first kappa shape index (κ1) is 17.2. The zero-order valence-corrected chi connectivity index (χ0v) is 16.1. The number of nitrogens with zero attached hydrogens (tertiary/aromatic N) is 2. The van der Waals surface area contributed by atoms with Crippen LogP contribution in [0.2, 0.25) is 0 Å². The molecule has 140 valence electrons. The summed E-state index contributed by atoms with van der Waals surface area (Å²) in [5, 5.41) is 15.4. The highest BCUT2D eigenvalue weighted by Gasteiger charge is 2.11. The van der Waals surface area contributed by atoms with Gasteiger partial charge in [0, 0.05) is 11.1 Å². The summed E-state index contributed by atoms with van der Waals surface area (Å²) in [4.78, 5) is 0. The molecule has 0 aliphatic heterocycles. The Labute approximate surface area is 169 Å². The lowest BCUT2D eigenvalue weighted by Crippen LogP contribution is -1.85. The minimum atomic E-state index is 0.924. The molecule has 4 heteroatoms. The Balaban J connectivity index is 1.50. The minimum Gasteiger partial charge on any atom is -0.277 e. The highest BCUT2D eigenvalue weighted by atomic mass is 15.1. The second-order valence-corrected chi connectivity index (χ2v) is 7.15. The monoisotopic (exact) mass is 376 g/mol. The van der Waals surface area contributed by atoms with Crippen LogP contribution in [0.4, 0.5) is 0 Å². The van der Waals surface area contributed by atoms with Crippen LogP contribution in [0.1, 0.15) is 5.56 Å². The molecule has 3 aromatic carbocycles. The van der Waals surface area contributed by atoms with Crippen molar-refractivity contribution in [2.45, 2.75) is 6.92 Å². The maximum atomic E-state index is 4.54. The molecule has 2 heterocycles. The molecule has 5 rings (SSSR count). The van der Waals surface area contributed by atoms with Crippen molar-refractivity contribution in [3.63, 3.8) is 0 Å². The van der Waals surface area contributed by atoms with Gasteiger partial charge in [-0.15, -0.1) is 0 Å². The van der Waals surface area contributed by atoms with Crippen molar-refractivity contribution in [1.82, 2.24) is 20.4 Å². The van der Waals surface area contributed by atoms with Gasteiger partial charge in [-0.2, -0.15) is 10.2 Å². The molecule has 0 saturated carbocycles. The first-order valence-electron chi connectivity index (χ1n) is 9.60. The zero-order chi connectivity index (χ0) is 19.6. The summed E-state index contributed by atoms with van der Waals surface area (Å²) in [6.45, 7) is 2.10. The summed E-state index contributed by atoms with van der Waals surface area (Å²) in [5.41, 5.74) is 9.43. The van der Waals surface area contributed by atoms with Gasteiger partial charge in [0.25, 0.3) is 0 Å². The van der Waals surface area contributed by atoms with Crippen molar-refractivity contribution in [1.29, 1.82) is 0 Å². The van der Waals surface area contributed by atoms with Gasteiger partial charge < -0.3 is 0 Å². The zero-order valence-electron chi connectivity index (χ0n) is 16.1. The summed E-state index contributed by atoms with van der Waals surface area (Å²) in [5.74, 6) is 0. The second kappa shape index (κ2) is 7.24. The van der Waals surface area contributed by atoms with E-state index in [1.54, 1.807) is 0 Å². The van der Waals surface area contributed by atoms with E-state index in [0.717, 1.165) is 45.0 Å². The fourth-order valence-corrected chi connectivity index (χ4v) is 3.55. The lowest BCUT2D eigenvalue weighted by Gasteiger charge is -2.04. The Bertz CT molecular complexity index is 1150. The fourth-order valence-electron chi connectivity index (χ4n) is 3.55. The van der Waals surface area contributed by atoms with Crippen LogP contribution >= 0.6 is 0 Å². The van der Waals surface area contributed by atoms with Gasteiger partial charge in [0.05, 0.1) is 22.8 Å². The Hall–Kier alpha value is -3.92. The molecular weight excluding hydrogens is 356 g/mol. The molecule has 5 aromatic rings. The van der Waals surface area contributed by atoms with Crippen molar-refractivity contribution < 1.29 is 0 Å². The molecule has 0 unspecified atom stereocenters. The number of benzene rings is 3. The average molecular weight is 376 g/mol. The van der Waals surface area contributed by atoms with Gasteiger partial charge in [-0.1, -0.05) is 60.7 Å². The highest BCUT2D eigenvalue weighted by Crippen LogP contribution is 2.30. The van der Waals surface area contributed by atoms with Crippen LogP contribution in [0.25, 0.3) is 45.0 Å². The van der Waals surface area contributed by atoms with Crippen molar-refractivity contribution in [3.05, 3.63) is 96.6 Å². The minimum absolute atomic E-state index is 0.924. The van der Waals surface area contributed by atoms with E-state index in [1.807, 2.05) is 36.4 Å². The third kappa shape index (κ3) is 3.48. The van der Waals surface area contributed by atoms with Crippen LogP contribution in [0.5, 0.6) is 0 Å². The molecule has 29 heavy (non-hydrogen) atoms. The average Bonchev–Trinajstić information content (AvgIpc) is 3.45. The fraction of sp³-hybridized carbons (Fsp3) is 0.0400. The number of hydrogen-bond donors (Lipinski definition) is 2. The SMILES string of the molecule is Cc1cc(-c2cc(-c3ccccc3)[nH]n2)cc(-c2cc(-c3ccccc3)[nH]n2)c1. The maximum Gasteiger partial charge on any atom is 0.0927 e. The molecule has 0 spiro atoms. The van der Waals surface area contributed by atoms with Crippen LogP contribution in [-0.4, -0.2) is 20.4 Å². The summed E-state index contributed by atoms with van der Waals surface area (Å²) in [6.07, 6.45) is 0. The Morgan fingerprint density at radius 3 is 1.41 bits per heavy atom. The van der Waals surface area contributed by atoms with Crippen LogP contribution < -0.4 is 0 Å². The van der Waals surface area contributed by atoms with Gasteiger partial charge >= 0.3 is 0 Å². The molecule has 0 aliphatic carbocycles. The summed E-state index contributed by atoms with van der Waals surface area (Å²) < 4.78 is 0. The number of aromatic nitrogens is 4. The van der Waals surface area contributed by atoms with E-state index in [0.29, 0.717) is 0 Å². The van der Waals surface area contributed by atoms with Gasteiger partial charge in [0.2, 0.25) is 0 Å². The molecular formula is C25H20N4. The van der Waals surface area contributed by atoms with E-state index in [-0.39, 0.29) is 0 Å². The lowest BCUT2D eigenvalue weighted by molar-refractivity contribution is 1.09. The van der Waals surface area contributed by atoms with E-state index in [9.17, 15) is 0 Å². The molecule has 0 amide bonds. The topological polar surface area (TPSA) is 57.4 Å². The first-order valence-corrected chi connectivity index (χ1v) is 9.60. The third-order valence-electron chi connectivity index (χ3n) is 4.99. The number of hydrogen-bond acceptors (Lipinski definition) is 2. The number of H-pyrrole nitrogens is 2. The van der Waals surface area contributed by atoms with E-state index in [4.69, 9.17) is 0 Å². The van der Waals surface area contributed by atoms with Crippen molar-refractivity contribution >= 4 is 0 Å². The molecule has 0 radical (unpaired) electrons. The predicted octanol–water partition coefficient (Wildman–Crippen LogP) is 6.11. The molecule has 2 aromatic heterocycles. The molecule has 0 bridgehead atoms. The largest absolute Gasteiger partial charge is 0.277 e. The quantitative estimate of drug-likeness (QED) is 0.398. The van der Waals surface area contributed by atoms with E-state index in [1.165, 1.54) is 5.56 Å². The molecule has 0 saturated heterocycles. The molecule has 0 atom stereocenters. The van der Waals surface area contributed by atoms with Gasteiger partial charge in [0.15, 0.2) is 0 Å². The van der Waals surface area contributed by atoms with Gasteiger partial charge in [-0.05, 0) is 53.9 Å². The van der Waals surface area contributed by atoms with Crippen LogP contribution in [0.3, 0.4) is 0 Å². The molecule has 2 N–H and O–H groups in total. The molecule has 0 aliphatic rings. The van der Waals surface area contributed by atoms with Crippen molar-refractivity contribution in [3.8, 4) is 45.0 Å². The molecule has 0 fully saturated rings. The summed E-state index contributed by atoms with van der Waals surface area (Å²) in [6, 6.07) is 31.1. The predicted molar refractivity (Wildman–Crippen MR) is 117 cm³/mol. The standard InChI is InChI=1S/C25H20N4/c1-17-12-20(24-15-22(26-28-24)18-8-4-2-5-9-18)14-21(13-17)25-16-23(27-29-25)19-10-6-3-7-11-19/h2-16H,1H3,(H,26,28)(H,27,29). The summed E-state index contributed by atoms with van der Waals surface area (Å²) in [7, 11) is 0. The van der Waals surface area contributed by atoms with Crippen LogP contribution in [-0.2, 0) is 0 Å². The third-order valence-corrected chi connectivity index (χ3v) is 4.99. The highest BCUT2D eigenvalue weighted by molar-refractivity contribution is 5.75. The Morgan fingerprint density at radius 2 is 0.966 bits per heavy atom. The first-order chi connectivity index (χ1) is 14.3. The normalized spacial score (nSPS) is 10.9. The second-order valence-electron chi connectivity index (χ2n) is 7.15. The number of rotatable bonds is 4. The van der Waals surface area contributed by atoms with E-state index >= 15 is 0 Å². The van der Waals surface area contributed by atoms with Crippen molar-refractivity contribution in [2.24, 2.45) is 0 Å². The smallest absolute Gasteiger partial charge is 0.0927 e. The van der Waals surface area contributed by atoms with E-state index < -0.39 is 0 Å². The lowest BCUT2D eigenvalue weighted by atomic mass is 10.0.